The van der Waals surface area contributed by atoms with E-state index in [0.717, 1.165) is 21.2 Å². The lowest BCUT2D eigenvalue weighted by Gasteiger charge is -2.10. The van der Waals surface area contributed by atoms with Crippen molar-refractivity contribution in [3.05, 3.63) is 59.1 Å². The third kappa shape index (κ3) is 3.87. The van der Waals surface area contributed by atoms with Gasteiger partial charge in [0, 0.05) is 4.47 Å². The maximum Gasteiger partial charge on any atom is 0.573 e. The molecule has 0 aliphatic carbocycles. The third-order valence-corrected chi connectivity index (χ3v) is 3.03. The quantitative estimate of drug-likeness (QED) is 0.699. The van der Waals surface area contributed by atoms with E-state index in [1.54, 1.807) is 18.2 Å². The van der Waals surface area contributed by atoms with Crippen molar-refractivity contribution in [3.8, 4) is 16.9 Å². The standard InChI is InChI=1S/C15H10BrF3O/c1-2-10-7-12(9-13(16)8-10)11-3-5-14(6-4-11)20-15(17,18)19/h2-9H,1H2. The van der Waals surface area contributed by atoms with E-state index in [2.05, 4.69) is 27.2 Å². The van der Waals surface area contributed by atoms with Gasteiger partial charge in [-0.2, -0.15) is 0 Å². The van der Waals surface area contributed by atoms with E-state index in [-0.39, 0.29) is 5.75 Å². The van der Waals surface area contributed by atoms with E-state index in [0.29, 0.717) is 0 Å². The van der Waals surface area contributed by atoms with Gasteiger partial charge < -0.3 is 4.74 Å². The predicted octanol–water partition coefficient (Wildman–Crippen LogP) is 5.66. The van der Waals surface area contributed by atoms with E-state index in [1.165, 1.54) is 12.1 Å². The Kier molecular flexibility index (Phi) is 4.18. The molecule has 2 rings (SSSR count). The van der Waals surface area contributed by atoms with Crippen LogP contribution in [0.3, 0.4) is 0 Å². The Bertz CT molecular complexity index is 618. The number of rotatable bonds is 3. The fourth-order valence-corrected chi connectivity index (χ4v) is 2.26. The van der Waals surface area contributed by atoms with Crippen molar-refractivity contribution >= 4 is 22.0 Å². The molecule has 0 heterocycles. The van der Waals surface area contributed by atoms with Crippen molar-refractivity contribution in [1.29, 1.82) is 0 Å². The first kappa shape index (κ1) is 14.7. The van der Waals surface area contributed by atoms with Gasteiger partial charge in [-0.1, -0.05) is 40.7 Å². The average Bonchev–Trinajstić information content (AvgIpc) is 2.37. The van der Waals surface area contributed by atoms with Gasteiger partial charge in [0.15, 0.2) is 0 Å². The van der Waals surface area contributed by atoms with Crippen molar-refractivity contribution in [2.75, 3.05) is 0 Å². The summed E-state index contributed by atoms with van der Waals surface area (Å²) in [5.74, 6) is -0.236. The number of hydrogen-bond donors (Lipinski definition) is 0. The van der Waals surface area contributed by atoms with Crippen molar-refractivity contribution < 1.29 is 17.9 Å². The summed E-state index contributed by atoms with van der Waals surface area (Å²) in [5, 5.41) is 0. The number of ether oxygens (including phenoxy) is 1. The summed E-state index contributed by atoms with van der Waals surface area (Å²) in [6.45, 7) is 3.70. The molecule has 0 bridgehead atoms. The molecule has 0 atom stereocenters. The molecule has 0 saturated heterocycles. The molecule has 1 nitrogen and oxygen atoms in total. The summed E-state index contributed by atoms with van der Waals surface area (Å²) in [6, 6.07) is 11.4. The molecule has 0 aromatic heterocycles. The van der Waals surface area contributed by atoms with Gasteiger partial charge in [-0.05, 0) is 47.0 Å². The number of alkyl halides is 3. The molecule has 0 saturated carbocycles. The van der Waals surface area contributed by atoms with Crippen molar-refractivity contribution in [2.45, 2.75) is 6.36 Å². The molecule has 0 unspecified atom stereocenters. The lowest BCUT2D eigenvalue weighted by molar-refractivity contribution is -0.274. The van der Waals surface area contributed by atoms with Crippen LogP contribution in [-0.2, 0) is 0 Å². The highest BCUT2D eigenvalue weighted by atomic mass is 79.9. The number of hydrogen-bond acceptors (Lipinski definition) is 1. The summed E-state index contributed by atoms with van der Waals surface area (Å²) in [6.07, 6.45) is -2.97. The van der Waals surface area contributed by atoms with Crippen molar-refractivity contribution in [2.24, 2.45) is 0 Å². The molecule has 2 aromatic rings. The van der Waals surface area contributed by atoms with Crippen molar-refractivity contribution in [1.82, 2.24) is 0 Å². The zero-order valence-corrected chi connectivity index (χ0v) is 11.8. The van der Waals surface area contributed by atoms with E-state index in [9.17, 15) is 13.2 Å². The van der Waals surface area contributed by atoms with Gasteiger partial charge in [-0.25, -0.2) is 0 Å². The second-order valence-electron chi connectivity index (χ2n) is 4.05. The van der Waals surface area contributed by atoms with Crippen LogP contribution in [0, 0.1) is 0 Å². The highest BCUT2D eigenvalue weighted by Gasteiger charge is 2.30. The van der Waals surface area contributed by atoms with Crippen LogP contribution in [-0.4, -0.2) is 6.36 Å². The SMILES string of the molecule is C=Cc1cc(Br)cc(-c2ccc(OC(F)(F)F)cc2)c1. The molecule has 2 aromatic carbocycles. The highest BCUT2D eigenvalue weighted by molar-refractivity contribution is 9.10. The van der Waals surface area contributed by atoms with Crippen LogP contribution >= 0.6 is 15.9 Å². The van der Waals surface area contributed by atoms with Crippen LogP contribution in [0.15, 0.2) is 53.5 Å². The first-order valence-electron chi connectivity index (χ1n) is 5.66. The number of halogens is 4. The van der Waals surface area contributed by atoms with Crippen LogP contribution in [0.2, 0.25) is 0 Å². The fraction of sp³-hybridized carbons (Fsp3) is 0.0667. The van der Waals surface area contributed by atoms with Gasteiger partial charge >= 0.3 is 6.36 Å². The summed E-state index contributed by atoms with van der Waals surface area (Å²) < 4.78 is 40.9. The van der Waals surface area contributed by atoms with Crippen LogP contribution < -0.4 is 4.74 Å². The van der Waals surface area contributed by atoms with E-state index >= 15 is 0 Å². The molecule has 20 heavy (non-hydrogen) atoms. The average molecular weight is 343 g/mol. The van der Waals surface area contributed by atoms with Crippen LogP contribution in [0.1, 0.15) is 5.56 Å². The summed E-state index contributed by atoms with van der Waals surface area (Å²) in [5.41, 5.74) is 2.60. The molecule has 0 N–H and O–H groups in total. The Morgan fingerprint density at radius 2 is 1.65 bits per heavy atom. The first-order valence-corrected chi connectivity index (χ1v) is 6.46. The largest absolute Gasteiger partial charge is 0.573 e. The Labute approximate surface area is 122 Å². The smallest absolute Gasteiger partial charge is 0.406 e. The molecule has 5 heteroatoms. The van der Waals surface area contributed by atoms with E-state index < -0.39 is 6.36 Å². The third-order valence-electron chi connectivity index (χ3n) is 2.58. The minimum Gasteiger partial charge on any atom is -0.406 e. The van der Waals surface area contributed by atoms with Gasteiger partial charge in [0.05, 0.1) is 0 Å². The maximum atomic E-state index is 12.1. The lowest BCUT2D eigenvalue weighted by atomic mass is 10.0. The van der Waals surface area contributed by atoms with E-state index in [1.807, 2.05) is 18.2 Å². The molecule has 0 fully saturated rings. The van der Waals surface area contributed by atoms with Gasteiger partial charge in [0.1, 0.15) is 5.75 Å². The fourth-order valence-electron chi connectivity index (χ4n) is 1.75. The van der Waals surface area contributed by atoms with E-state index in [4.69, 9.17) is 0 Å². The summed E-state index contributed by atoms with van der Waals surface area (Å²) in [4.78, 5) is 0. The minimum absolute atomic E-state index is 0.236. The molecule has 104 valence electrons. The molecule has 0 aliphatic heterocycles. The van der Waals surface area contributed by atoms with Gasteiger partial charge in [0.25, 0.3) is 0 Å². The Hall–Kier alpha value is -1.75. The first-order chi connectivity index (χ1) is 9.37. The minimum atomic E-state index is -4.67. The van der Waals surface area contributed by atoms with Crippen LogP contribution in [0.4, 0.5) is 13.2 Å². The molecular formula is C15H10BrF3O. The summed E-state index contributed by atoms with van der Waals surface area (Å²) >= 11 is 3.38. The number of benzene rings is 2. The maximum absolute atomic E-state index is 12.1. The zero-order valence-electron chi connectivity index (χ0n) is 10.2. The van der Waals surface area contributed by atoms with Gasteiger partial charge in [-0.3, -0.25) is 0 Å². The lowest BCUT2D eigenvalue weighted by Crippen LogP contribution is -2.16. The second kappa shape index (κ2) is 5.71. The zero-order chi connectivity index (χ0) is 14.8. The van der Waals surface area contributed by atoms with Gasteiger partial charge in [-0.15, -0.1) is 13.2 Å². The predicted molar refractivity (Wildman–Crippen MR) is 76.4 cm³/mol. The molecule has 0 amide bonds. The topological polar surface area (TPSA) is 9.23 Å². The monoisotopic (exact) mass is 342 g/mol. The highest BCUT2D eigenvalue weighted by Crippen LogP contribution is 2.29. The normalized spacial score (nSPS) is 11.2. The Morgan fingerprint density at radius 1 is 1.00 bits per heavy atom. The molecule has 0 radical (unpaired) electrons. The second-order valence-corrected chi connectivity index (χ2v) is 4.97. The Morgan fingerprint density at radius 3 is 2.20 bits per heavy atom. The molecular weight excluding hydrogens is 333 g/mol. The van der Waals surface area contributed by atoms with Crippen LogP contribution in [0.5, 0.6) is 5.75 Å². The summed E-state index contributed by atoms with van der Waals surface area (Å²) in [7, 11) is 0. The Balaban J connectivity index is 2.30. The molecule has 0 aliphatic rings. The van der Waals surface area contributed by atoms with Gasteiger partial charge in [0.2, 0.25) is 0 Å². The van der Waals surface area contributed by atoms with Crippen LogP contribution in [0.25, 0.3) is 17.2 Å². The molecule has 0 spiro atoms. The van der Waals surface area contributed by atoms with Crippen molar-refractivity contribution in [3.63, 3.8) is 0 Å².